The monoisotopic (exact) mass is 319 g/mol. The summed E-state index contributed by atoms with van der Waals surface area (Å²) in [6.45, 7) is 2.52. The second-order valence-corrected chi connectivity index (χ2v) is 5.72. The first-order valence-electron chi connectivity index (χ1n) is 7.45. The van der Waals surface area contributed by atoms with Crippen molar-refractivity contribution in [1.29, 1.82) is 0 Å². The Morgan fingerprint density at radius 3 is 2.43 bits per heavy atom. The molecule has 2 aromatic rings. The van der Waals surface area contributed by atoms with Gasteiger partial charge >= 0.3 is 6.18 Å². The molecule has 0 atom stereocenters. The van der Waals surface area contributed by atoms with Crippen molar-refractivity contribution in [1.82, 2.24) is 0 Å². The van der Waals surface area contributed by atoms with Crippen molar-refractivity contribution in [3.63, 3.8) is 0 Å². The van der Waals surface area contributed by atoms with Gasteiger partial charge in [-0.2, -0.15) is 13.2 Å². The topological polar surface area (TPSA) is 20.3 Å². The first-order chi connectivity index (χ1) is 10.9. The number of fused-ring (bicyclic) bond motifs is 1. The van der Waals surface area contributed by atoms with Gasteiger partial charge < -0.3 is 4.90 Å². The van der Waals surface area contributed by atoms with Crippen LogP contribution < -0.4 is 4.90 Å². The van der Waals surface area contributed by atoms with Crippen molar-refractivity contribution in [2.75, 3.05) is 11.4 Å². The molecule has 0 unspecified atom stereocenters. The highest BCUT2D eigenvalue weighted by atomic mass is 19.4. The van der Waals surface area contributed by atoms with E-state index in [9.17, 15) is 18.0 Å². The maximum atomic E-state index is 12.7. The van der Waals surface area contributed by atoms with Gasteiger partial charge in [0, 0.05) is 12.1 Å². The summed E-state index contributed by atoms with van der Waals surface area (Å²) in [5, 5.41) is 0. The Morgan fingerprint density at radius 1 is 1.09 bits per heavy atom. The van der Waals surface area contributed by atoms with E-state index in [1.807, 2.05) is 25.1 Å². The van der Waals surface area contributed by atoms with E-state index in [0.29, 0.717) is 6.54 Å². The van der Waals surface area contributed by atoms with E-state index in [2.05, 4.69) is 0 Å². The van der Waals surface area contributed by atoms with Crippen LogP contribution in [0.4, 0.5) is 18.9 Å². The highest BCUT2D eigenvalue weighted by Crippen LogP contribution is 2.33. The Hall–Kier alpha value is -2.30. The number of amides is 1. The SMILES string of the molecule is Cc1cccc2c1N(C(=O)c1ccc(C(F)(F)F)cc1)CCC2. The molecule has 0 radical (unpaired) electrons. The molecule has 0 aromatic heterocycles. The number of para-hydroxylation sites is 1. The largest absolute Gasteiger partial charge is 0.416 e. The Morgan fingerprint density at radius 2 is 1.78 bits per heavy atom. The van der Waals surface area contributed by atoms with Gasteiger partial charge in [-0.15, -0.1) is 0 Å². The van der Waals surface area contributed by atoms with Crippen LogP contribution in [0.5, 0.6) is 0 Å². The summed E-state index contributed by atoms with van der Waals surface area (Å²) in [5.41, 5.74) is 2.53. The summed E-state index contributed by atoms with van der Waals surface area (Å²) in [6.07, 6.45) is -2.63. The predicted molar refractivity (Wildman–Crippen MR) is 82.6 cm³/mol. The van der Waals surface area contributed by atoms with Gasteiger partial charge in [0.15, 0.2) is 0 Å². The number of nitrogens with zero attached hydrogens (tertiary/aromatic N) is 1. The number of hydrogen-bond donors (Lipinski definition) is 0. The van der Waals surface area contributed by atoms with Crippen LogP contribution in [0.2, 0.25) is 0 Å². The summed E-state index contributed by atoms with van der Waals surface area (Å²) < 4.78 is 37.9. The summed E-state index contributed by atoms with van der Waals surface area (Å²) in [5.74, 6) is -0.256. The number of carbonyl (C=O) groups excluding carboxylic acids is 1. The average Bonchev–Trinajstić information content (AvgIpc) is 2.53. The van der Waals surface area contributed by atoms with Crippen molar-refractivity contribution < 1.29 is 18.0 Å². The maximum absolute atomic E-state index is 12.7. The predicted octanol–water partition coefficient (Wildman–Crippen LogP) is 4.61. The molecule has 0 aliphatic carbocycles. The number of hydrogen-bond acceptors (Lipinski definition) is 1. The van der Waals surface area contributed by atoms with Gasteiger partial charge in [-0.05, 0) is 55.2 Å². The molecule has 2 nitrogen and oxygen atoms in total. The fraction of sp³-hybridized carbons (Fsp3) is 0.278. The van der Waals surface area contributed by atoms with Crippen LogP contribution in [0.3, 0.4) is 0 Å². The van der Waals surface area contributed by atoms with Gasteiger partial charge in [-0.3, -0.25) is 4.79 Å². The molecule has 0 saturated heterocycles. The van der Waals surface area contributed by atoms with Gasteiger partial charge in [0.25, 0.3) is 5.91 Å². The Labute approximate surface area is 132 Å². The molecule has 1 aliphatic rings. The third-order valence-corrected chi connectivity index (χ3v) is 4.12. The van der Waals surface area contributed by atoms with E-state index in [4.69, 9.17) is 0 Å². The smallest absolute Gasteiger partial charge is 0.308 e. The van der Waals surface area contributed by atoms with Crippen LogP contribution in [-0.2, 0) is 12.6 Å². The van der Waals surface area contributed by atoms with E-state index in [-0.39, 0.29) is 11.5 Å². The first-order valence-corrected chi connectivity index (χ1v) is 7.45. The number of benzene rings is 2. The summed E-state index contributed by atoms with van der Waals surface area (Å²) in [6, 6.07) is 10.3. The summed E-state index contributed by atoms with van der Waals surface area (Å²) in [4.78, 5) is 14.4. The van der Waals surface area contributed by atoms with Gasteiger partial charge in [0.1, 0.15) is 0 Å². The van der Waals surface area contributed by atoms with Gasteiger partial charge in [0.05, 0.1) is 11.3 Å². The molecule has 1 aliphatic heterocycles. The Kier molecular flexibility index (Phi) is 3.88. The third-order valence-electron chi connectivity index (χ3n) is 4.12. The van der Waals surface area contributed by atoms with Crippen LogP contribution in [-0.4, -0.2) is 12.5 Å². The molecule has 0 saturated carbocycles. The van der Waals surface area contributed by atoms with E-state index in [1.165, 1.54) is 12.1 Å². The van der Waals surface area contributed by atoms with Crippen LogP contribution in [0.1, 0.15) is 33.5 Å². The summed E-state index contributed by atoms with van der Waals surface area (Å²) in [7, 11) is 0. The van der Waals surface area contributed by atoms with Crippen molar-refractivity contribution in [3.8, 4) is 0 Å². The molecule has 0 N–H and O–H groups in total. The molecule has 3 rings (SSSR count). The molecule has 1 amide bonds. The lowest BCUT2D eigenvalue weighted by molar-refractivity contribution is -0.137. The molecule has 23 heavy (non-hydrogen) atoms. The molecule has 2 aromatic carbocycles. The van der Waals surface area contributed by atoms with E-state index >= 15 is 0 Å². The molecule has 0 bridgehead atoms. The number of alkyl halides is 3. The molecule has 120 valence electrons. The van der Waals surface area contributed by atoms with Gasteiger partial charge in [0.2, 0.25) is 0 Å². The van der Waals surface area contributed by atoms with Crippen LogP contribution in [0.15, 0.2) is 42.5 Å². The van der Waals surface area contributed by atoms with E-state index in [1.54, 1.807) is 4.90 Å². The molecule has 1 heterocycles. The van der Waals surface area contributed by atoms with Crippen molar-refractivity contribution in [3.05, 3.63) is 64.7 Å². The zero-order valence-electron chi connectivity index (χ0n) is 12.7. The standard InChI is InChI=1S/C18H16F3NO/c1-12-4-2-5-13-6-3-11-22(16(12)13)17(23)14-7-9-15(10-8-14)18(19,20)21/h2,4-5,7-10H,3,6,11H2,1H3. The zero-order valence-corrected chi connectivity index (χ0v) is 12.7. The molecular weight excluding hydrogens is 303 g/mol. The normalized spacial score (nSPS) is 14.5. The van der Waals surface area contributed by atoms with E-state index < -0.39 is 11.7 Å². The zero-order chi connectivity index (χ0) is 16.6. The highest BCUT2D eigenvalue weighted by Gasteiger charge is 2.31. The maximum Gasteiger partial charge on any atom is 0.416 e. The fourth-order valence-corrected chi connectivity index (χ4v) is 3.01. The van der Waals surface area contributed by atoms with Gasteiger partial charge in [-0.25, -0.2) is 0 Å². The first kappa shape index (κ1) is 15.6. The fourth-order valence-electron chi connectivity index (χ4n) is 3.01. The molecule has 0 fully saturated rings. The molecule has 5 heteroatoms. The number of rotatable bonds is 1. The number of aryl methyl sites for hydroxylation is 2. The Balaban J connectivity index is 1.93. The average molecular weight is 319 g/mol. The molecular formula is C18H16F3NO. The highest BCUT2D eigenvalue weighted by molar-refractivity contribution is 6.07. The quantitative estimate of drug-likeness (QED) is 0.752. The van der Waals surface area contributed by atoms with Crippen molar-refractivity contribution in [2.45, 2.75) is 25.9 Å². The lowest BCUT2D eigenvalue weighted by Crippen LogP contribution is -2.36. The minimum atomic E-state index is -4.39. The lowest BCUT2D eigenvalue weighted by Gasteiger charge is -2.31. The number of halogens is 3. The summed E-state index contributed by atoms with van der Waals surface area (Å²) >= 11 is 0. The van der Waals surface area contributed by atoms with Crippen LogP contribution >= 0.6 is 0 Å². The number of carbonyl (C=O) groups is 1. The van der Waals surface area contributed by atoms with E-state index in [0.717, 1.165) is 41.8 Å². The number of anilines is 1. The van der Waals surface area contributed by atoms with Crippen molar-refractivity contribution >= 4 is 11.6 Å². The van der Waals surface area contributed by atoms with Crippen LogP contribution in [0, 0.1) is 6.92 Å². The minimum absolute atomic E-state index is 0.256. The van der Waals surface area contributed by atoms with Crippen molar-refractivity contribution in [2.24, 2.45) is 0 Å². The minimum Gasteiger partial charge on any atom is -0.308 e. The second kappa shape index (κ2) is 5.72. The third kappa shape index (κ3) is 2.96. The lowest BCUT2D eigenvalue weighted by atomic mass is 9.97. The van der Waals surface area contributed by atoms with Gasteiger partial charge in [-0.1, -0.05) is 18.2 Å². The van der Waals surface area contributed by atoms with Crippen LogP contribution in [0.25, 0.3) is 0 Å². The second-order valence-electron chi connectivity index (χ2n) is 5.72. The Bertz CT molecular complexity index is 735. The molecule has 0 spiro atoms.